The summed E-state index contributed by atoms with van der Waals surface area (Å²) in [5, 5.41) is 8.78. The van der Waals surface area contributed by atoms with E-state index in [2.05, 4.69) is 0 Å². The Hall–Kier alpha value is -0.810. The molecule has 0 aromatic carbocycles. The molecule has 1 aliphatic heterocycles. The molecule has 0 spiro atoms. The minimum atomic E-state index is -0.912. The van der Waals surface area contributed by atoms with Crippen LogP contribution < -0.4 is 0 Å². The van der Waals surface area contributed by atoms with Crippen LogP contribution in [0.1, 0.15) is 0 Å². The standard InChI is InChI=1S/C7H14N2O3/c1-9(2,3)6-8(7(10)11)4-5-12-6/h6H,4-5H2,1-3H3/p+1/t6-/m1/s1. The van der Waals surface area contributed by atoms with Crippen LogP contribution in [0.25, 0.3) is 0 Å². The number of nitrogens with zero attached hydrogens (tertiary/aromatic N) is 2. The van der Waals surface area contributed by atoms with Gasteiger partial charge in [-0.05, 0) is 0 Å². The van der Waals surface area contributed by atoms with Crippen molar-refractivity contribution < 1.29 is 19.1 Å². The Labute approximate surface area is 71.7 Å². The Morgan fingerprint density at radius 1 is 1.58 bits per heavy atom. The summed E-state index contributed by atoms with van der Waals surface area (Å²) in [6, 6.07) is 0. The third-order valence-electron chi connectivity index (χ3n) is 1.77. The highest BCUT2D eigenvalue weighted by atomic mass is 16.5. The predicted molar refractivity (Wildman–Crippen MR) is 42.5 cm³/mol. The topological polar surface area (TPSA) is 49.8 Å². The van der Waals surface area contributed by atoms with Crippen molar-refractivity contribution in [2.75, 3.05) is 34.3 Å². The van der Waals surface area contributed by atoms with E-state index in [1.54, 1.807) is 0 Å². The summed E-state index contributed by atoms with van der Waals surface area (Å²) in [6.07, 6.45) is -1.27. The second-order valence-electron chi connectivity index (χ2n) is 3.79. The van der Waals surface area contributed by atoms with Crippen LogP contribution in [-0.4, -0.2) is 61.2 Å². The van der Waals surface area contributed by atoms with Gasteiger partial charge in [-0.2, -0.15) is 0 Å². The molecule has 70 valence electrons. The summed E-state index contributed by atoms with van der Waals surface area (Å²) in [5.41, 5.74) is 0. The number of carboxylic acid groups (broad SMARTS) is 1. The van der Waals surface area contributed by atoms with E-state index in [4.69, 9.17) is 9.84 Å². The highest BCUT2D eigenvalue weighted by molar-refractivity contribution is 5.65. The quantitative estimate of drug-likeness (QED) is 0.570. The van der Waals surface area contributed by atoms with Gasteiger partial charge in [0.05, 0.1) is 34.3 Å². The first-order valence-corrected chi connectivity index (χ1v) is 3.85. The van der Waals surface area contributed by atoms with Crippen molar-refractivity contribution in [2.45, 2.75) is 6.35 Å². The lowest BCUT2D eigenvalue weighted by molar-refractivity contribution is -0.927. The van der Waals surface area contributed by atoms with E-state index < -0.39 is 6.09 Å². The molecular formula is C7H15N2O3+. The smallest absolute Gasteiger partial charge is 0.413 e. The van der Waals surface area contributed by atoms with Crippen molar-refractivity contribution in [3.05, 3.63) is 0 Å². The van der Waals surface area contributed by atoms with Gasteiger partial charge in [-0.25, -0.2) is 9.69 Å². The van der Waals surface area contributed by atoms with Crippen LogP contribution in [-0.2, 0) is 4.74 Å². The summed E-state index contributed by atoms with van der Waals surface area (Å²) in [6.45, 7) is 0.960. The number of carbonyl (C=O) groups is 1. The molecular weight excluding hydrogens is 160 g/mol. The zero-order chi connectivity index (χ0) is 9.35. The summed E-state index contributed by atoms with van der Waals surface area (Å²) >= 11 is 0. The molecule has 5 heteroatoms. The largest absolute Gasteiger partial charge is 0.465 e. The van der Waals surface area contributed by atoms with Crippen LogP contribution in [0.4, 0.5) is 4.79 Å². The number of hydrogen-bond donors (Lipinski definition) is 1. The van der Waals surface area contributed by atoms with Gasteiger partial charge in [-0.1, -0.05) is 0 Å². The first-order chi connectivity index (χ1) is 5.43. The van der Waals surface area contributed by atoms with Crippen LogP contribution in [0, 0.1) is 0 Å². The molecule has 0 radical (unpaired) electrons. The first-order valence-electron chi connectivity index (χ1n) is 3.85. The highest BCUT2D eigenvalue weighted by Crippen LogP contribution is 2.16. The first kappa shape index (κ1) is 9.28. The van der Waals surface area contributed by atoms with Crippen molar-refractivity contribution in [3.8, 4) is 0 Å². The summed E-state index contributed by atoms with van der Waals surface area (Å²) < 4.78 is 5.79. The minimum Gasteiger partial charge on any atom is -0.465 e. The normalized spacial score (nSPS) is 24.6. The third-order valence-corrected chi connectivity index (χ3v) is 1.77. The van der Waals surface area contributed by atoms with Crippen LogP contribution in [0.3, 0.4) is 0 Å². The van der Waals surface area contributed by atoms with Gasteiger partial charge in [-0.3, -0.25) is 4.48 Å². The van der Waals surface area contributed by atoms with E-state index in [-0.39, 0.29) is 6.35 Å². The average Bonchev–Trinajstić information content (AvgIpc) is 2.30. The zero-order valence-corrected chi connectivity index (χ0v) is 7.65. The van der Waals surface area contributed by atoms with E-state index in [9.17, 15) is 4.79 Å². The number of amides is 1. The predicted octanol–water partition coefficient (Wildman–Crippen LogP) is -0.0136. The molecule has 0 saturated carbocycles. The second kappa shape index (κ2) is 2.91. The molecule has 1 aliphatic rings. The molecule has 1 saturated heterocycles. The Morgan fingerprint density at radius 3 is 2.50 bits per heavy atom. The van der Waals surface area contributed by atoms with E-state index in [0.29, 0.717) is 17.6 Å². The third kappa shape index (κ3) is 1.67. The van der Waals surface area contributed by atoms with Crippen LogP contribution in [0.5, 0.6) is 0 Å². The molecule has 1 N–H and O–H groups in total. The molecule has 1 rings (SSSR count). The van der Waals surface area contributed by atoms with Crippen molar-refractivity contribution >= 4 is 6.09 Å². The van der Waals surface area contributed by atoms with Gasteiger partial charge < -0.3 is 9.84 Å². The molecule has 0 aromatic rings. The molecule has 1 heterocycles. The lowest BCUT2D eigenvalue weighted by Crippen LogP contribution is -2.54. The second-order valence-corrected chi connectivity index (χ2v) is 3.79. The Bertz CT molecular complexity index is 188. The maximum atomic E-state index is 10.7. The van der Waals surface area contributed by atoms with Gasteiger partial charge in [-0.15, -0.1) is 0 Å². The number of rotatable bonds is 1. The number of quaternary nitrogens is 1. The van der Waals surface area contributed by atoms with E-state index in [1.165, 1.54) is 4.90 Å². The van der Waals surface area contributed by atoms with Gasteiger partial charge in [0.1, 0.15) is 0 Å². The molecule has 0 bridgehead atoms. The van der Waals surface area contributed by atoms with Crippen molar-refractivity contribution in [3.63, 3.8) is 0 Å². The molecule has 5 nitrogen and oxygen atoms in total. The van der Waals surface area contributed by atoms with Crippen molar-refractivity contribution in [1.29, 1.82) is 0 Å². The maximum Gasteiger partial charge on any atom is 0.413 e. The minimum absolute atomic E-state index is 0.359. The monoisotopic (exact) mass is 175 g/mol. The van der Waals surface area contributed by atoms with Crippen molar-refractivity contribution in [1.82, 2.24) is 4.90 Å². The lowest BCUT2D eigenvalue weighted by atomic mass is 10.5. The Kier molecular flexibility index (Phi) is 2.25. The lowest BCUT2D eigenvalue weighted by Gasteiger charge is -2.33. The molecule has 12 heavy (non-hydrogen) atoms. The summed E-state index contributed by atoms with van der Waals surface area (Å²) in [7, 11) is 5.73. The van der Waals surface area contributed by atoms with E-state index in [1.807, 2.05) is 21.1 Å². The van der Waals surface area contributed by atoms with Gasteiger partial charge in [0, 0.05) is 0 Å². The van der Waals surface area contributed by atoms with Crippen LogP contribution in [0.2, 0.25) is 0 Å². The summed E-state index contributed by atoms with van der Waals surface area (Å²) in [4.78, 5) is 12.0. The van der Waals surface area contributed by atoms with Gasteiger partial charge in [0.2, 0.25) is 0 Å². The molecule has 1 amide bonds. The molecule has 0 aliphatic carbocycles. The van der Waals surface area contributed by atoms with E-state index >= 15 is 0 Å². The number of hydrogen-bond acceptors (Lipinski definition) is 2. The average molecular weight is 175 g/mol. The Balaban J connectivity index is 2.71. The van der Waals surface area contributed by atoms with Crippen LogP contribution in [0.15, 0.2) is 0 Å². The fraction of sp³-hybridized carbons (Fsp3) is 0.857. The van der Waals surface area contributed by atoms with Gasteiger partial charge in [0.15, 0.2) is 0 Å². The van der Waals surface area contributed by atoms with Crippen molar-refractivity contribution in [2.24, 2.45) is 0 Å². The molecule has 1 fully saturated rings. The van der Waals surface area contributed by atoms with Gasteiger partial charge in [0.25, 0.3) is 6.35 Å². The fourth-order valence-electron chi connectivity index (χ4n) is 1.29. The zero-order valence-electron chi connectivity index (χ0n) is 7.65. The molecule has 0 aromatic heterocycles. The molecule has 0 unspecified atom stereocenters. The highest BCUT2D eigenvalue weighted by Gasteiger charge is 2.39. The number of ether oxygens (including phenoxy) is 1. The fourth-order valence-corrected chi connectivity index (χ4v) is 1.29. The van der Waals surface area contributed by atoms with E-state index in [0.717, 1.165) is 0 Å². The maximum absolute atomic E-state index is 10.7. The molecule has 1 atom stereocenters. The Morgan fingerprint density at radius 2 is 2.17 bits per heavy atom. The van der Waals surface area contributed by atoms with Gasteiger partial charge >= 0.3 is 6.09 Å². The van der Waals surface area contributed by atoms with Crippen LogP contribution >= 0.6 is 0 Å². The summed E-state index contributed by atoms with van der Waals surface area (Å²) in [5.74, 6) is 0. The SMILES string of the molecule is C[N+](C)(C)[C@@H]1OCCN1C(=O)O.